The lowest BCUT2D eigenvalue weighted by molar-refractivity contribution is -0.117. The fourth-order valence-electron chi connectivity index (χ4n) is 2.58. The van der Waals surface area contributed by atoms with Crippen LogP contribution in [0.3, 0.4) is 0 Å². The Labute approximate surface area is 157 Å². The monoisotopic (exact) mass is 387 g/mol. The molecule has 0 saturated carbocycles. The number of aromatic nitrogens is 2. The lowest BCUT2D eigenvalue weighted by Gasteiger charge is -2.12. The minimum atomic E-state index is -3.55. The number of H-pyrrole nitrogens is 1. The molecule has 0 aliphatic heterocycles. The van der Waals surface area contributed by atoms with Gasteiger partial charge in [-0.2, -0.15) is 5.10 Å². The fourth-order valence-corrected chi connectivity index (χ4v) is 3.53. The zero-order valence-electron chi connectivity index (χ0n) is 15.2. The average Bonchev–Trinajstić information content (AvgIpc) is 3.04. The predicted molar refractivity (Wildman–Crippen MR) is 105 cm³/mol. The molecule has 0 spiro atoms. The van der Waals surface area contributed by atoms with Gasteiger partial charge >= 0.3 is 0 Å². The van der Waals surface area contributed by atoms with Crippen molar-refractivity contribution in [3.8, 4) is 11.3 Å². The summed E-state index contributed by atoms with van der Waals surface area (Å²) in [6.07, 6.45) is 0. The maximum absolute atomic E-state index is 12.4. The number of rotatable bonds is 5. The zero-order valence-corrected chi connectivity index (χ0v) is 16.0. The molecule has 9 heteroatoms. The highest BCUT2D eigenvalue weighted by molar-refractivity contribution is 7.89. The van der Waals surface area contributed by atoms with E-state index < -0.39 is 16.1 Å². The van der Waals surface area contributed by atoms with Crippen molar-refractivity contribution >= 4 is 32.5 Å². The van der Waals surface area contributed by atoms with Crippen molar-refractivity contribution in [2.45, 2.75) is 17.9 Å². The first-order chi connectivity index (χ1) is 12.7. The van der Waals surface area contributed by atoms with E-state index in [9.17, 15) is 13.2 Å². The first kappa shape index (κ1) is 19.0. The molecule has 1 heterocycles. The van der Waals surface area contributed by atoms with Crippen LogP contribution in [-0.2, 0) is 14.8 Å². The van der Waals surface area contributed by atoms with Crippen LogP contribution in [0.25, 0.3) is 22.2 Å². The molecule has 1 amide bonds. The fraction of sp³-hybridized carbons (Fsp3) is 0.222. The Balaban J connectivity index is 2.06. The largest absolute Gasteiger partial charge is 0.325 e. The van der Waals surface area contributed by atoms with Crippen LogP contribution in [0.1, 0.15) is 6.92 Å². The van der Waals surface area contributed by atoms with E-state index >= 15 is 0 Å². The molecule has 0 aliphatic rings. The quantitative estimate of drug-likeness (QED) is 0.616. The third-order valence-electron chi connectivity index (χ3n) is 4.13. The molecule has 1 atom stereocenters. The number of fused-ring (bicyclic) bond motifs is 1. The van der Waals surface area contributed by atoms with Crippen molar-refractivity contribution in [1.82, 2.24) is 14.5 Å². The molecule has 3 aromatic rings. The van der Waals surface area contributed by atoms with E-state index in [1.807, 2.05) is 0 Å². The minimum Gasteiger partial charge on any atom is -0.325 e. The molecule has 8 nitrogen and oxygen atoms in total. The summed E-state index contributed by atoms with van der Waals surface area (Å²) in [6.45, 7) is 1.60. The second-order valence-electron chi connectivity index (χ2n) is 6.43. The number of aromatic amines is 1. The van der Waals surface area contributed by atoms with Gasteiger partial charge in [-0.15, -0.1) is 0 Å². The van der Waals surface area contributed by atoms with Crippen LogP contribution in [0.5, 0.6) is 0 Å². The third-order valence-corrected chi connectivity index (χ3v) is 5.94. The van der Waals surface area contributed by atoms with Crippen LogP contribution < -0.4 is 11.1 Å². The molecule has 0 aliphatic carbocycles. The van der Waals surface area contributed by atoms with Gasteiger partial charge in [0.15, 0.2) is 0 Å². The number of hydrogen-bond donors (Lipinski definition) is 3. The SMILES string of the molecule is C[C@H](N)C(=O)Nc1ccc2[nH]nc(-c3cccc(S(=O)(=O)N(C)C)c3)c2c1. The maximum Gasteiger partial charge on any atom is 0.242 e. The number of benzene rings is 2. The lowest BCUT2D eigenvalue weighted by Crippen LogP contribution is -2.32. The van der Waals surface area contributed by atoms with E-state index in [0.717, 1.165) is 15.2 Å². The molecule has 4 N–H and O–H groups in total. The van der Waals surface area contributed by atoms with Crippen molar-refractivity contribution in [2.24, 2.45) is 5.73 Å². The summed E-state index contributed by atoms with van der Waals surface area (Å²) in [5, 5.41) is 10.7. The Hall–Kier alpha value is -2.75. The Morgan fingerprint density at radius 2 is 1.96 bits per heavy atom. The topological polar surface area (TPSA) is 121 Å². The van der Waals surface area contributed by atoms with E-state index in [1.54, 1.807) is 49.4 Å². The predicted octanol–water partition coefficient (Wildman–Crippen LogP) is 1.77. The summed E-state index contributed by atoms with van der Waals surface area (Å²) in [5.41, 5.74) is 8.19. The Bertz CT molecular complexity index is 1100. The molecule has 0 bridgehead atoms. The van der Waals surface area contributed by atoms with Crippen molar-refractivity contribution in [1.29, 1.82) is 0 Å². The molecule has 0 radical (unpaired) electrons. The summed E-state index contributed by atoms with van der Waals surface area (Å²) in [6, 6.07) is 11.3. The van der Waals surface area contributed by atoms with Gasteiger partial charge in [-0.3, -0.25) is 9.89 Å². The number of amides is 1. The summed E-state index contributed by atoms with van der Waals surface area (Å²) in [4.78, 5) is 12.0. The number of hydrogen-bond acceptors (Lipinski definition) is 5. The van der Waals surface area contributed by atoms with Gasteiger partial charge in [0.1, 0.15) is 5.69 Å². The molecule has 0 fully saturated rings. The van der Waals surface area contributed by atoms with Crippen LogP contribution in [0, 0.1) is 0 Å². The lowest BCUT2D eigenvalue weighted by atomic mass is 10.1. The Morgan fingerprint density at radius 1 is 1.22 bits per heavy atom. The van der Waals surface area contributed by atoms with Crippen molar-refractivity contribution in [2.75, 3.05) is 19.4 Å². The highest BCUT2D eigenvalue weighted by Crippen LogP contribution is 2.30. The van der Waals surface area contributed by atoms with Crippen LogP contribution in [-0.4, -0.2) is 49.0 Å². The summed E-state index contributed by atoms with van der Waals surface area (Å²) < 4.78 is 26.0. The first-order valence-corrected chi connectivity index (χ1v) is 9.71. The van der Waals surface area contributed by atoms with E-state index in [0.29, 0.717) is 16.9 Å². The van der Waals surface area contributed by atoms with Gasteiger partial charge in [-0.25, -0.2) is 12.7 Å². The van der Waals surface area contributed by atoms with Crippen molar-refractivity contribution < 1.29 is 13.2 Å². The zero-order chi connectivity index (χ0) is 19.8. The number of nitrogens with two attached hydrogens (primary N) is 1. The maximum atomic E-state index is 12.4. The van der Waals surface area contributed by atoms with Crippen LogP contribution >= 0.6 is 0 Å². The summed E-state index contributed by atoms with van der Waals surface area (Å²) in [7, 11) is -0.582. The van der Waals surface area contributed by atoms with Gasteiger partial charge in [0.25, 0.3) is 0 Å². The van der Waals surface area contributed by atoms with Gasteiger partial charge in [0.05, 0.1) is 16.5 Å². The smallest absolute Gasteiger partial charge is 0.242 e. The molecule has 1 aromatic heterocycles. The number of nitrogens with one attached hydrogen (secondary N) is 2. The van der Waals surface area contributed by atoms with E-state index in [1.165, 1.54) is 14.1 Å². The second kappa shape index (κ2) is 7.10. The molecule has 0 unspecified atom stereocenters. The Kier molecular flexibility index (Phi) is 5.01. The number of nitrogens with zero attached hydrogens (tertiary/aromatic N) is 2. The van der Waals surface area contributed by atoms with E-state index in [2.05, 4.69) is 15.5 Å². The number of sulfonamides is 1. The van der Waals surface area contributed by atoms with Crippen molar-refractivity contribution in [3.05, 3.63) is 42.5 Å². The summed E-state index contributed by atoms with van der Waals surface area (Å²) >= 11 is 0. The van der Waals surface area contributed by atoms with Gasteiger partial charge in [-0.05, 0) is 37.3 Å². The molecule has 27 heavy (non-hydrogen) atoms. The van der Waals surface area contributed by atoms with Gasteiger partial charge in [0, 0.05) is 30.7 Å². The normalized spacial score (nSPS) is 13.1. The van der Waals surface area contributed by atoms with E-state index in [4.69, 9.17) is 5.73 Å². The number of anilines is 1. The van der Waals surface area contributed by atoms with E-state index in [-0.39, 0.29) is 10.8 Å². The molecule has 3 rings (SSSR count). The van der Waals surface area contributed by atoms with Crippen LogP contribution in [0.15, 0.2) is 47.4 Å². The number of carbonyl (C=O) groups excluding carboxylic acids is 1. The molecular formula is C18H21N5O3S. The average molecular weight is 387 g/mol. The third kappa shape index (κ3) is 3.70. The highest BCUT2D eigenvalue weighted by atomic mass is 32.2. The van der Waals surface area contributed by atoms with Crippen LogP contribution in [0.4, 0.5) is 5.69 Å². The second-order valence-corrected chi connectivity index (χ2v) is 8.58. The molecule has 0 saturated heterocycles. The minimum absolute atomic E-state index is 0.183. The Morgan fingerprint density at radius 3 is 2.63 bits per heavy atom. The molecule has 2 aromatic carbocycles. The van der Waals surface area contributed by atoms with Gasteiger partial charge in [0.2, 0.25) is 15.9 Å². The molecular weight excluding hydrogens is 366 g/mol. The van der Waals surface area contributed by atoms with Crippen molar-refractivity contribution in [3.63, 3.8) is 0 Å². The van der Waals surface area contributed by atoms with Gasteiger partial charge in [-0.1, -0.05) is 12.1 Å². The highest BCUT2D eigenvalue weighted by Gasteiger charge is 2.19. The molecule has 142 valence electrons. The standard InChI is InChI=1S/C18H21N5O3S/c1-11(19)18(24)20-13-7-8-16-15(10-13)17(22-21-16)12-5-4-6-14(9-12)27(25,26)23(2)3/h4-11H,19H2,1-3H3,(H,20,24)(H,21,22)/t11-/m0/s1. The van der Waals surface area contributed by atoms with Gasteiger partial charge < -0.3 is 11.1 Å². The van der Waals surface area contributed by atoms with Crippen LogP contribution in [0.2, 0.25) is 0 Å². The number of carbonyl (C=O) groups is 1. The summed E-state index contributed by atoms with van der Waals surface area (Å²) in [5.74, 6) is -0.293. The first-order valence-electron chi connectivity index (χ1n) is 8.27.